The van der Waals surface area contributed by atoms with Gasteiger partial charge in [-0.3, -0.25) is 9.59 Å². The Morgan fingerprint density at radius 3 is 2.65 bits per heavy atom. The summed E-state index contributed by atoms with van der Waals surface area (Å²) in [5.74, 6) is -0.606. The molecular formula is C11H21N3O3. The molecule has 98 valence electrons. The first-order valence-corrected chi connectivity index (χ1v) is 6.00. The second-order valence-corrected chi connectivity index (χ2v) is 4.36. The Morgan fingerprint density at radius 2 is 2.00 bits per heavy atom. The predicted octanol–water partition coefficient (Wildman–Crippen LogP) is -0.878. The third kappa shape index (κ3) is 5.14. The average molecular weight is 243 g/mol. The fourth-order valence-electron chi connectivity index (χ4n) is 2.04. The third-order valence-corrected chi connectivity index (χ3v) is 2.95. The molecule has 0 heterocycles. The maximum Gasteiger partial charge on any atom is 0.243 e. The minimum Gasteiger partial charge on any atom is -0.370 e. The lowest BCUT2D eigenvalue weighted by Crippen LogP contribution is -2.44. The Hall–Kier alpha value is -1.14. The van der Waals surface area contributed by atoms with Crippen LogP contribution < -0.4 is 16.8 Å². The van der Waals surface area contributed by atoms with Gasteiger partial charge < -0.3 is 21.5 Å². The Bertz CT molecular complexity index is 271. The van der Waals surface area contributed by atoms with E-state index >= 15 is 0 Å². The van der Waals surface area contributed by atoms with Crippen LogP contribution in [-0.4, -0.2) is 37.6 Å². The molecule has 1 fully saturated rings. The minimum atomic E-state index is -0.509. The van der Waals surface area contributed by atoms with Gasteiger partial charge in [0.2, 0.25) is 11.8 Å². The van der Waals surface area contributed by atoms with Crippen LogP contribution in [0.4, 0.5) is 0 Å². The van der Waals surface area contributed by atoms with Gasteiger partial charge in [-0.05, 0) is 12.8 Å². The van der Waals surface area contributed by atoms with Gasteiger partial charge in [0.15, 0.2) is 0 Å². The van der Waals surface area contributed by atoms with Crippen LogP contribution in [0.25, 0.3) is 0 Å². The maximum atomic E-state index is 11.8. The molecule has 0 saturated heterocycles. The van der Waals surface area contributed by atoms with E-state index in [1.54, 1.807) is 0 Å². The van der Waals surface area contributed by atoms with Crippen molar-refractivity contribution in [3.63, 3.8) is 0 Å². The van der Waals surface area contributed by atoms with Crippen molar-refractivity contribution in [1.29, 1.82) is 0 Å². The SMILES string of the molecule is NC(=O)COCCNC(=O)C1CCCCC1N. The van der Waals surface area contributed by atoms with Crippen LogP contribution in [0.3, 0.4) is 0 Å². The molecule has 0 spiro atoms. The van der Waals surface area contributed by atoms with Gasteiger partial charge in [-0.2, -0.15) is 0 Å². The molecule has 0 aliphatic heterocycles. The van der Waals surface area contributed by atoms with Crippen LogP contribution in [0, 0.1) is 5.92 Å². The molecule has 2 atom stereocenters. The molecule has 0 radical (unpaired) electrons. The van der Waals surface area contributed by atoms with Crippen LogP contribution in [0.1, 0.15) is 25.7 Å². The number of hydrogen-bond donors (Lipinski definition) is 3. The van der Waals surface area contributed by atoms with Gasteiger partial charge in [-0.15, -0.1) is 0 Å². The highest BCUT2D eigenvalue weighted by Crippen LogP contribution is 2.22. The Morgan fingerprint density at radius 1 is 1.29 bits per heavy atom. The lowest BCUT2D eigenvalue weighted by atomic mass is 9.84. The van der Waals surface area contributed by atoms with Crippen molar-refractivity contribution < 1.29 is 14.3 Å². The number of primary amides is 1. The molecule has 1 rings (SSSR count). The monoisotopic (exact) mass is 243 g/mol. The van der Waals surface area contributed by atoms with Gasteiger partial charge in [-0.25, -0.2) is 0 Å². The van der Waals surface area contributed by atoms with Crippen LogP contribution in [0.5, 0.6) is 0 Å². The second-order valence-electron chi connectivity index (χ2n) is 4.36. The molecule has 0 aromatic carbocycles. The zero-order valence-electron chi connectivity index (χ0n) is 9.98. The highest BCUT2D eigenvalue weighted by atomic mass is 16.5. The van der Waals surface area contributed by atoms with Gasteiger partial charge in [0.05, 0.1) is 12.5 Å². The van der Waals surface area contributed by atoms with Crippen molar-refractivity contribution in [1.82, 2.24) is 5.32 Å². The lowest BCUT2D eigenvalue weighted by molar-refractivity contribution is -0.126. The molecule has 17 heavy (non-hydrogen) atoms. The van der Waals surface area contributed by atoms with Gasteiger partial charge in [0.25, 0.3) is 0 Å². The van der Waals surface area contributed by atoms with E-state index in [2.05, 4.69) is 5.32 Å². The normalized spacial score (nSPS) is 24.3. The summed E-state index contributed by atoms with van der Waals surface area (Å²) in [6.45, 7) is 0.560. The summed E-state index contributed by atoms with van der Waals surface area (Å²) in [4.78, 5) is 22.1. The average Bonchev–Trinajstić information content (AvgIpc) is 2.28. The van der Waals surface area contributed by atoms with Crippen LogP contribution in [-0.2, 0) is 14.3 Å². The minimum absolute atomic E-state index is 0.0140. The van der Waals surface area contributed by atoms with Crippen molar-refractivity contribution in [3.05, 3.63) is 0 Å². The summed E-state index contributed by atoms with van der Waals surface area (Å²) in [6, 6.07) is -0.0321. The predicted molar refractivity (Wildman–Crippen MR) is 63.0 cm³/mol. The number of carbonyl (C=O) groups excluding carboxylic acids is 2. The Balaban J connectivity index is 2.13. The first-order chi connectivity index (χ1) is 8.11. The number of nitrogens with one attached hydrogen (secondary N) is 1. The molecule has 1 aliphatic carbocycles. The van der Waals surface area contributed by atoms with E-state index in [0.717, 1.165) is 25.7 Å². The number of nitrogens with two attached hydrogens (primary N) is 2. The molecule has 0 bridgehead atoms. The maximum absolute atomic E-state index is 11.8. The topological polar surface area (TPSA) is 107 Å². The van der Waals surface area contributed by atoms with Crippen molar-refractivity contribution in [3.8, 4) is 0 Å². The molecule has 6 nitrogen and oxygen atoms in total. The summed E-state index contributed by atoms with van der Waals surface area (Å²) in [6.07, 6.45) is 3.93. The molecule has 0 aromatic rings. The molecule has 2 unspecified atom stereocenters. The Labute approximate surface area is 101 Å². The smallest absolute Gasteiger partial charge is 0.243 e. The number of rotatable bonds is 6. The quantitative estimate of drug-likeness (QED) is 0.526. The number of hydrogen-bond acceptors (Lipinski definition) is 4. The molecule has 1 saturated carbocycles. The summed E-state index contributed by atoms with van der Waals surface area (Å²) in [5.41, 5.74) is 10.8. The zero-order chi connectivity index (χ0) is 12.7. The highest BCUT2D eigenvalue weighted by molar-refractivity contribution is 5.79. The Kier molecular flexibility index (Phi) is 5.93. The van der Waals surface area contributed by atoms with E-state index in [1.807, 2.05) is 0 Å². The van der Waals surface area contributed by atoms with E-state index < -0.39 is 5.91 Å². The molecule has 5 N–H and O–H groups in total. The van der Waals surface area contributed by atoms with Crippen LogP contribution in [0.2, 0.25) is 0 Å². The van der Waals surface area contributed by atoms with Crippen molar-refractivity contribution >= 4 is 11.8 Å². The molecule has 0 aromatic heterocycles. The third-order valence-electron chi connectivity index (χ3n) is 2.95. The first kappa shape index (κ1) is 13.9. The standard InChI is InChI=1S/C11H21N3O3/c12-9-4-2-1-3-8(9)11(16)14-5-6-17-7-10(13)15/h8-9H,1-7,12H2,(H2,13,15)(H,14,16). The highest BCUT2D eigenvalue weighted by Gasteiger charge is 2.27. The second kappa shape index (κ2) is 7.24. The van der Waals surface area contributed by atoms with Gasteiger partial charge >= 0.3 is 0 Å². The van der Waals surface area contributed by atoms with E-state index in [-0.39, 0.29) is 31.1 Å². The number of carbonyl (C=O) groups is 2. The largest absolute Gasteiger partial charge is 0.370 e. The molecular weight excluding hydrogens is 222 g/mol. The molecule has 6 heteroatoms. The van der Waals surface area contributed by atoms with Crippen molar-refractivity contribution in [2.24, 2.45) is 17.4 Å². The summed E-state index contributed by atoms with van der Waals surface area (Å²) >= 11 is 0. The van der Waals surface area contributed by atoms with E-state index in [1.165, 1.54) is 0 Å². The van der Waals surface area contributed by atoms with Gasteiger partial charge in [-0.1, -0.05) is 12.8 Å². The first-order valence-electron chi connectivity index (χ1n) is 6.00. The number of amides is 2. The van der Waals surface area contributed by atoms with Crippen molar-refractivity contribution in [2.45, 2.75) is 31.7 Å². The molecule has 1 aliphatic rings. The summed E-state index contributed by atoms with van der Waals surface area (Å²) in [5, 5.41) is 2.76. The van der Waals surface area contributed by atoms with Crippen molar-refractivity contribution in [2.75, 3.05) is 19.8 Å². The van der Waals surface area contributed by atoms with Gasteiger partial charge in [0.1, 0.15) is 6.61 Å². The van der Waals surface area contributed by atoms with Gasteiger partial charge in [0, 0.05) is 12.6 Å². The van der Waals surface area contributed by atoms with Crippen LogP contribution in [0.15, 0.2) is 0 Å². The summed E-state index contributed by atoms with van der Waals surface area (Å²) < 4.78 is 4.94. The lowest BCUT2D eigenvalue weighted by Gasteiger charge is -2.27. The zero-order valence-corrected chi connectivity index (χ0v) is 9.98. The van der Waals surface area contributed by atoms with Crippen LogP contribution >= 0.6 is 0 Å². The number of ether oxygens (including phenoxy) is 1. The van der Waals surface area contributed by atoms with E-state index in [0.29, 0.717) is 6.54 Å². The fraction of sp³-hybridized carbons (Fsp3) is 0.818. The molecule has 2 amide bonds. The summed E-state index contributed by atoms with van der Waals surface area (Å²) in [7, 11) is 0. The fourth-order valence-corrected chi connectivity index (χ4v) is 2.04. The van der Waals surface area contributed by atoms with E-state index in [9.17, 15) is 9.59 Å². The van der Waals surface area contributed by atoms with E-state index in [4.69, 9.17) is 16.2 Å².